The molecule has 3 nitrogen and oxygen atoms in total. The van der Waals surface area contributed by atoms with E-state index in [1.165, 1.54) is 0 Å². The van der Waals surface area contributed by atoms with Gasteiger partial charge in [-0.15, -0.1) is 0 Å². The fourth-order valence-corrected chi connectivity index (χ4v) is 0.123. The molecule has 0 amide bonds. The second kappa shape index (κ2) is 14.8. The molecule has 1 aliphatic heterocycles. The summed E-state index contributed by atoms with van der Waals surface area (Å²) < 4.78 is 8.40. The molecule has 1 fully saturated rings. The Balaban J connectivity index is -0.0000000585. The molecule has 1 saturated heterocycles. The molecule has 0 aromatic carbocycles. The van der Waals surface area contributed by atoms with Crippen molar-refractivity contribution in [1.29, 1.82) is 0 Å². The van der Waals surface area contributed by atoms with Gasteiger partial charge < -0.3 is 9.47 Å². The SMILES string of the molecule is C.C.C=C(C)C(=O)O[CH2-].[CH-]1CO1.[Y]. The third-order valence-electron chi connectivity index (χ3n) is 0.646. The average molecular weight is 263 g/mol. The van der Waals surface area contributed by atoms with E-state index in [9.17, 15) is 4.79 Å². The van der Waals surface area contributed by atoms with Gasteiger partial charge in [0.2, 0.25) is 0 Å². The fourth-order valence-electron chi connectivity index (χ4n) is 0.123. The molecule has 0 saturated carbocycles. The summed E-state index contributed by atoms with van der Waals surface area (Å²) in [6.45, 7) is 7.50. The van der Waals surface area contributed by atoms with Gasteiger partial charge in [-0.25, -0.2) is 4.79 Å². The zero-order chi connectivity index (χ0) is 7.98. The molecular formula is C9H18O3Y-2. The molecule has 0 spiro atoms. The normalized spacial score (nSPS) is 9.69. The predicted octanol–water partition coefficient (Wildman–Crippen LogP) is 2.35. The maximum atomic E-state index is 10.1. The van der Waals surface area contributed by atoms with Crippen molar-refractivity contribution in [1.82, 2.24) is 0 Å². The number of esters is 1. The summed E-state index contributed by atoms with van der Waals surface area (Å²) in [5, 5.41) is 0. The van der Waals surface area contributed by atoms with Gasteiger partial charge in [0.1, 0.15) is 0 Å². The standard InChI is InChI=1S/C5H7O2.C2H3O.2CH4.Y/c1-4(2)5(6)7-3;1-2-3-1;;;/h1,3H2,2H3;1H,2H2;2*1H4;/q2*-1;;;. The minimum absolute atomic E-state index is 0. The smallest absolute Gasteiger partial charge is 0.301 e. The average Bonchev–Trinajstić information content (AvgIpc) is 2.70. The molecule has 13 heavy (non-hydrogen) atoms. The van der Waals surface area contributed by atoms with E-state index in [4.69, 9.17) is 0 Å². The van der Waals surface area contributed by atoms with Crippen LogP contribution in [-0.2, 0) is 47.0 Å². The molecule has 0 aliphatic carbocycles. The van der Waals surface area contributed by atoms with Crippen LogP contribution in [0.1, 0.15) is 21.8 Å². The van der Waals surface area contributed by atoms with Crippen LogP contribution in [0.2, 0.25) is 0 Å². The molecule has 0 aromatic rings. The summed E-state index contributed by atoms with van der Waals surface area (Å²) in [7, 11) is 2.90. The number of hydrogen-bond acceptors (Lipinski definition) is 3. The van der Waals surface area contributed by atoms with Crippen LogP contribution >= 0.6 is 0 Å². The zero-order valence-electron chi connectivity index (χ0n) is 6.50. The third-order valence-corrected chi connectivity index (χ3v) is 0.646. The Morgan fingerprint density at radius 3 is 1.92 bits per heavy atom. The molecule has 0 atom stereocenters. The maximum absolute atomic E-state index is 10.1. The summed E-state index contributed by atoms with van der Waals surface area (Å²) in [5.74, 6) is -0.458. The molecular weight excluding hydrogens is 245 g/mol. The van der Waals surface area contributed by atoms with Crippen molar-refractivity contribution < 1.29 is 47.0 Å². The molecule has 0 unspecified atom stereocenters. The van der Waals surface area contributed by atoms with Crippen LogP contribution in [0.4, 0.5) is 0 Å². The fraction of sp³-hybridized carbons (Fsp3) is 0.444. The van der Waals surface area contributed by atoms with E-state index in [0.717, 1.165) is 6.61 Å². The van der Waals surface area contributed by atoms with Gasteiger partial charge in [0.25, 0.3) is 0 Å². The van der Waals surface area contributed by atoms with Gasteiger partial charge in [-0.1, -0.05) is 28.0 Å². The van der Waals surface area contributed by atoms with Crippen LogP contribution in [0.25, 0.3) is 0 Å². The van der Waals surface area contributed by atoms with Gasteiger partial charge in [0.05, 0.1) is 0 Å². The topological polar surface area (TPSA) is 38.8 Å². The van der Waals surface area contributed by atoms with E-state index in [2.05, 4.69) is 23.2 Å². The van der Waals surface area contributed by atoms with E-state index in [1.54, 1.807) is 13.5 Å². The Morgan fingerprint density at radius 1 is 1.62 bits per heavy atom. The van der Waals surface area contributed by atoms with Gasteiger partial charge in [0.15, 0.2) is 0 Å². The first-order valence-corrected chi connectivity index (χ1v) is 2.73. The Kier molecular flexibility index (Phi) is 26.4. The second-order valence-corrected chi connectivity index (χ2v) is 1.71. The molecule has 1 rings (SSSR count). The summed E-state index contributed by atoms with van der Waals surface area (Å²) in [6, 6.07) is 0. The maximum Gasteiger partial charge on any atom is 0.301 e. The van der Waals surface area contributed by atoms with Crippen LogP contribution in [0.3, 0.4) is 0 Å². The van der Waals surface area contributed by atoms with Crippen molar-refractivity contribution in [2.75, 3.05) is 6.61 Å². The van der Waals surface area contributed by atoms with Gasteiger partial charge in [-0.3, -0.25) is 0 Å². The summed E-state index contributed by atoms with van der Waals surface area (Å²) in [4.78, 5) is 10.1. The number of carbonyl (C=O) groups excluding carboxylic acids is 1. The van der Waals surface area contributed by atoms with Crippen molar-refractivity contribution >= 4 is 5.97 Å². The predicted molar refractivity (Wildman–Crippen MR) is 50.0 cm³/mol. The van der Waals surface area contributed by atoms with Crippen molar-refractivity contribution in [3.63, 3.8) is 0 Å². The van der Waals surface area contributed by atoms with Gasteiger partial charge in [-0.2, -0.15) is 13.7 Å². The number of hydrogen-bond donors (Lipinski definition) is 0. The monoisotopic (exact) mass is 263 g/mol. The first kappa shape index (κ1) is 23.3. The summed E-state index contributed by atoms with van der Waals surface area (Å²) >= 11 is 0. The molecule has 1 radical (unpaired) electrons. The minimum atomic E-state index is -0.458. The van der Waals surface area contributed by atoms with E-state index >= 15 is 0 Å². The number of ether oxygens (including phenoxy) is 2. The van der Waals surface area contributed by atoms with E-state index in [1.807, 2.05) is 0 Å². The second-order valence-electron chi connectivity index (χ2n) is 1.71. The summed E-state index contributed by atoms with van der Waals surface area (Å²) in [6.07, 6.45) is 0. The molecule has 0 aromatic heterocycles. The summed E-state index contributed by atoms with van der Waals surface area (Å²) in [5.41, 5.74) is 0.370. The van der Waals surface area contributed by atoms with Crippen LogP contribution in [0, 0.1) is 13.7 Å². The van der Waals surface area contributed by atoms with Crippen LogP contribution in [0.15, 0.2) is 12.2 Å². The Bertz CT molecular complexity index is 130. The molecule has 4 heteroatoms. The van der Waals surface area contributed by atoms with Crippen LogP contribution in [0.5, 0.6) is 0 Å². The first-order valence-electron chi connectivity index (χ1n) is 2.73. The van der Waals surface area contributed by atoms with Crippen LogP contribution < -0.4 is 0 Å². The molecule has 0 N–H and O–H groups in total. The van der Waals surface area contributed by atoms with Crippen molar-refractivity contribution in [3.05, 3.63) is 25.9 Å². The largest absolute Gasteiger partial charge is 0.637 e. The molecule has 1 heterocycles. The molecule has 1 aliphatic rings. The van der Waals surface area contributed by atoms with Gasteiger partial charge in [0, 0.05) is 38.3 Å². The number of epoxide rings is 1. The Hall–Kier alpha value is 0.274. The van der Waals surface area contributed by atoms with Crippen molar-refractivity contribution in [2.45, 2.75) is 21.8 Å². The number of rotatable bonds is 1. The Labute approximate surface area is 107 Å². The van der Waals surface area contributed by atoms with E-state index < -0.39 is 5.97 Å². The van der Waals surface area contributed by atoms with Crippen LogP contribution in [-0.4, -0.2) is 12.6 Å². The van der Waals surface area contributed by atoms with E-state index in [-0.39, 0.29) is 47.6 Å². The Morgan fingerprint density at radius 2 is 1.92 bits per heavy atom. The first-order chi connectivity index (χ1) is 4.68. The van der Waals surface area contributed by atoms with Gasteiger partial charge >= 0.3 is 5.97 Å². The zero-order valence-corrected chi connectivity index (χ0v) is 9.34. The van der Waals surface area contributed by atoms with Crippen molar-refractivity contribution in [2.24, 2.45) is 0 Å². The minimum Gasteiger partial charge on any atom is -0.637 e. The quantitative estimate of drug-likeness (QED) is 0.315. The van der Waals surface area contributed by atoms with Crippen molar-refractivity contribution in [3.8, 4) is 0 Å². The van der Waals surface area contributed by atoms with E-state index in [0.29, 0.717) is 5.57 Å². The third kappa shape index (κ3) is 24.5. The number of carbonyl (C=O) groups is 1. The van der Waals surface area contributed by atoms with Gasteiger partial charge in [-0.05, 0) is 6.92 Å². The molecule has 0 bridgehead atoms. The molecule has 77 valence electrons.